The van der Waals surface area contributed by atoms with E-state index in [-0.39, 0.29) is 29.5 Å². The largest absolute Gasteiger partial charge is 0.382 e. The van der Waals surface area contributed by atoms with Gasteiger partial charge in [-0.05, 0) is 12.1 Å². The van der Waals surface area contributed by atoms with Gasteiger partial charge in [0, 0.05) is 11.5 Å². The van der Waals surface area contributed by atoms with Crippen LogP contribution in [0.5, 0.6) is 0 Å². The Balaban J connectivity index is 0.00000128. The number of halogens is 3. The van der Waals surface area contributed by atoms with Gasteiger partial charge in [-0.2, -0.15) is 0 Å². The van der Waals surface area contributed by atoms with Crippen molar-refractivity contribution in [2.24, 2.45) is 5.73 Å². The third-order valence-electron chi connectivity index (χ3n) is 1.99. The predicted molar refractivity (Wildman–Crippen MR) is 59.9 cm³/mol. The van der Waals surface area contributed by atoms with E-state index in [1.165, 1.54) is 18.2 Å². The number of pyridine rings is 1. The van der Waals surface area contributed by atoms with Crippen LogP contribution < -0.4 is 5.73 Å². The van der Waals surface area contributed by atoms with Crippen molar-refractivity contribution in [3.05, 3.63) is 41.6 Å². The van der Waals surface area contributed by atoms with Crippen molar-refractivity contribution in [3.8, 4) is 0 Å². The minimum absolute atomic E-state index is 0. The van der Waals surface area contributed by atoms with Gasteiger partial charge in [0.05, 0.1) is 0 Å². The molecule has 0 saturated heterocycles. The Hall–Kier alpha value is -1.75. The van der Waals surface area contributed by atoms with Crippen molar-refractivity contribution < 1.29 is 8.78 Å². The number of fused-ring (bicyclic) bond motifs is 1. The zero-order valence-corrected chi connectivity index (χ0v) is 8.81. The first-order valence-corrected chi connectivity index (χ1v) is 4.18. The molecule has 1 aromatic carbocycles. The molecule has 0 saturated carbocycles. The average Bonchev–Trinajstić information content (AvgIpc) is 2.16. The molecule has 0 radical (unpaired) electrons. The number of rotatable bonds is 1. The third kappa shape index (κ3) is 2.09. The van der Waals surface area contributed by atoms with Gasteiger partial charge in [-0.1, -0.05) is 6.07 Å². The molecule has 0 aliphatic rings. The monoisotopic (exact) mass is 243 g/mol. The molecule has 0 spiro atoms. The molecule has 84 valence electrons. The Morgan fingerprint density at radius 2 is 1.94 bits per heavy atom. The number of nitrogens with one attached hydrogen (secondary N) is 1. The van der Waals surface area contributed by atoms with Gasteiger partial charge in [0.15, 0.2) is 5.82 Å². The first-order valence-electron chi connectivity index (χ1n) is 4.18. The molecule has 0 atom stereocenters. The molecule has 0 aliphatic carbocycles. The number of nitrogen functional groups attached to an aromatic ring is 1. The maximum absolute atomic E-state index is 13.3. The van der Waals surface area contributed by atoms with Crippen molar-refractivity contribution >= 4 is 29.1 Å². The van der Waals surface area contributed by atoms with Crippen LogP contribution in [0.3, 0.4) is 0 Å². The molecule has 6 heteroatoms. The second-order valence-electron chi connectivity index (χ2n) is 3.07. The lowest BCUT2D eigenvalue weighted by molar-refractivity contribution is 0.590. The summed E-state index contributed by atoms with van der Waals surface area (Å²) in [7, 11) is 0. The summed E-state index contributed by atoms with van der Waals surface area (Å²) in [6, 6.07) is 4.85. The van der Waals surface area contributed by atoms with Gasteiger partial charge in [-0.3, -0.25) is 5.41 Å². The molecule has 3 N–H and O–H groups in total. The summed E-state index contributed by atoms with van der Waals surface area (Å²) in [5, 5.41) is 7.49. The Morgan fingerprint density at radius 3 is 2.56 bits per heavy atom. The van der Waals surface area contributed by atoms with E-state index >= 15 is 0 Å². The van der Waals surface area contributed by atoms with Crippen molar-refractivity contribution in [3.63, 3.8) is 0 Å². The van der Waals surface area contributed by atoms with Crippen LogP contribution in [0.25, 0.3) is 10.9 Å². The Morgan fingerprint density at radius 1 is 1.25 bits per heavy atom. The summed E-state index contributed by atoms with van der Waals surface area (Å²) in [5.74, 6) is -1.66. The second-order valence-corrected chi connectivity index (χ2v) is 3.07. The summed E-state index contributed by atoms with van der Waals surface area (Å²) in [4.78, 5) is 3.82. The van der Waals surface area contributed by atoms with E-state index in [9.17, 15) is 8.78 Å². The minimum Gasteiger partial charge on any atom is -0.382 e. The second kappa shape index (κ2) is 4.40. The van der Waals surface area contributed by atoms with E-state index in [1.54, 1.807) is 0 Å². The quantitative estimate of drug-likeness (QED) is 0.596. The molecular formula is C10H8ClF2N3. The van der Waals surface area contributed by atoms with Crippen LogP contribution in [0.4, 0.5) is 8.78 Å². The SMILES string of the molecule is Cl.N=C(N)c1ccc2cc(F)cc(F)c2n1. The van der Waals surface area contributed by atoms with Crippen molar-refractivity contribution in [1.82, 2.24) is 4.98 Å². The molecule has 16 heavy (non-hydrogen) atoms. The van der Waals surface area contributed by atoms with Gasteiger partial charge in [0.2, 0.25) is 0 Å². The molecule has 3 nitrogen and oxygen atoms in total. The fraction of sp³-hybridized carbons (Fsp3) is 0. The molecule has 0 fully saturated rings. The zero-order chi connectivity index (χ0) is 11.0. The lowest BCUT2D eigenvalue weighted by Crippen LogP contribution is -2.13. The van der Waals surface area contributed by atoms with Crippen LogP contribution in [-0.4, -0.2) is 10.8 Å². The fourth-order valence-electron chi connectivity index (χ4n) is 1.31. The number of aromatic nitrogens is 1. The van der Waals surface area contributed by atoms with E-state index in [0.717, 1.165) is 6.07 Å². The molecule has 2 rings (SSSR count). The lowest BCUT2D eigenvalue weighted by Gasteiger charge is -2.02. The Bertz CT molecular complexity index is 557. The topological polar surface area (TPSA) is 62.8 Å². The van der Waals surface area contributed by atoms with Gasteiger partial charge < -0.3 is 5.73 Å². The normalized spacial score (nSPS) is 9.88. The summed E-state index contributed by atoms with van der Waals surface area (Å²) >= 11 is 0. The van der Waals surface area contributed by atoms with Crippen LogP contribution in [-0.2, 0) is 0 Å². The van der Waals surface area contributed by atoms with Crippen LogP contribution in [0, 0.1) is 17.0 Å². The Labute approximate surface area is 96.2 Å². The van der Waals surface area contributed by atoms with E-state index in [4.69, 9.17) is 11.1 Å². The number of hydrogen-bond acceptors (Lipinski definition) is 2. The van der Waals surface area contributed by atoms with Gasteiger partial charge in [-0.25, -0.2) is 13.8 Å². The molecular weight excluding hydrogens is 236 g/mol. The van der Waals surface area contributed by atoms with E-state index < -0.39 is 11.6 Å². The van der Waals surface area contributed by atoms with Crippen molar-refractivity contribution in [1.29, 1.82) is 5.41 Å². The predicted octanol–water partition coefficient (Wildman–Crippen LogP) is 2.22. The summed E-state index contributed by atoms with van der Waals surface area (Å²) in [6.45, 7) is 0. The smallest absolute Gasteiger partial charge is 0.152 e. The van der Waals surface area contributed by atoms with Crippen LogP contribution in [0.2, 0.25) is 0 Å². The number of benzene rings is 1. The first kappa shape index (κ1) is 12.3. The molecule has 0 unspecified atom stereocenters. The van der Waals surface area contributed by atoms with Gasteiger partial charge in [-0.15, -0.1) is 12.4 Å². The maximum Gasteiger partial charge on any atom is 0.152 e. The highest BCUT2D eigenvalue weighted by molar-refractivity contribution is 5.95. The molecule has 1 aromatic heterocycles. The number of nitrogens with zero attached hydrogens (tertiary/aromatic N) is 1. The Kier molecular flexibility index (Phi) is 3.39. The van der Waals surface area contributed by atoms with E-state index in [0.29, 0.717) is 5.39 Å². The highest BCUT2D eigenvalue weighted by Crippen LogP contribution is 2.17. The lowest BCUT2D eigenvalue weighted by atomic mass is 10.2. The van der Waals surface area contributed by atoms with Gasteiger partial charge in [0.25, 0.3) is 0 Å². The third-order valence-corrected chi connectivity index (χ3v) is 1.99. The number of nitrogens with two attached hydrogens (primary N) is 1. The van der Waals surface area contributed by atoms with Crippen LogP contribution in [0.15, 0.2) is 24.3 Å². The molecule has 0 amide bonds. The maximum atomic E-state index is 13.3. The van der Waals surface area contributed by atoms with Crippen molar-refractivity contribution in [2.45, 2.75) is 0 Å². The summed E-state index contributed by atoms with van der Waals surface area (Å²) in [5.41, 5.74) is 5.40. The molecule has 0 bridgehead atoms. The zero-order valence-electron chi connectivity index (χ0n) is 8.00. The fourth-order valence-corrected chi connectivity index (χ4v) is 1.31. The number of hydrogen-bond donors (Lipinski definition) is 2. The standard InChI is InChI=1S/C10H7F2N3.ClH/c11-6-3-5-1-2-8(10(13)14)15-9(5)7(12)4-6;/h1-4H,(H3,13,14);1H. The summed E-state index contributed by atoms with van der Waals surface area (Å²) in [6.07, 6.45) is 0. The molecule has 1 heterocycles. The van der Waals surface area contributed by atoms with E-state index in [2.05, 4.69) is 4.98 Å². The minimum atomic E-state index is -0.756. The average molecular weight is 244 g/mol. The van der Waals surface area contributed by atoms with Crippen molar-refractivity contribution in [2.75, 3.05) is 0 Å². The van der Waals surface area contributed by atoms with E-state index in [1.807, 2.05) is 0 Å². The number of amidine groups is 1. The molecule has 0 aliphatic heterocycles. The highest BCUT2D eigenvalue weighted by Gasteiger charge is 2.07. The van der Waals surface area contributed by atoms with Gasteiger partial charge >= 0.3 is 0 Å². The van der Waals surface area contributed by atoms with Gasteiger partial charge in [0.1, 0.15) is 22.9 Å². The highest BCUT2D eigenvalue weighted by atomic mass is 35.5. The first-order chi connectivity index (χ1) is 7.08. The van der Waals surface area contributed by atoms with Crippen LogP contribution >= 0.6 is 12.4 Å². The molecule has 2 aromatic rings. The van der Waals surface area contributed by atoms with Crippen LogP contribution in [0.1, 0.15) is 5.69 Å². The summed E-state index contributed by atoms with van der Waals surface area (Å²) < 4.78 is 26.1.